The Bertz CT molecular complexity index is 622. The van der Waals surface area contributed by atoms with Crippen molar-refractivity contribution in [1.82, 2.24) is 9.47 Å². The summed E-state index contributed by atoms with van der Waals surface area (Å²) in [6.45, 7) is 8.72. The van der Waals surface area contributed by atoms with Crippen molar-refractivity contribution in [3.8, 4) is 0 Å². The zero-order chi connectivity index (χ0) is 13.7. The van der Waals surface area contributed by atoms with Gasteiger partial charge in [-0.05, 0) is 49.6 Å². The average molecular weight is 257 g/mol. The maximum atomic E-state index is 6.09. The van der Waals surface area contributed by atoms with Crippen molar-refractivity contribution in [3.63, 3.8) is 0 Å². The second-order valence-corrected chi connectivity index (χ2v) is 6.12. The predicted octanol–water partition coefficient (Wildman–Crippen LogP) is 2.92. The molecule has 0 amide bonds. The van der Waals surface area contributed by atoms with Crippen LogP contribution in [0.15, 0.2) is 18.3 Å². The van der Waals surface area contributed by atoms with E-state index in [-0.39, 0.29) is 6.04 Å². The van der Waals surface area contributed by atoms with Crippen molar-refractivity contribution >= 4 is 10.9 Å². The number of nitrogens with two attached hydrogens (primary N) is 1. The fourth-order valence-corrected chi connectivity index (χ4v) is 3.06. The van der Waals surface area contributed by atoms with Gasteiger partial charge in [-0.25, -0.2) is 0 Å². The first kappa shape index (κ1) is 12.7. The van der Waals surface area contributed by atoms with Crippen molar-refractivity contribution in [1.29, 1.82) is 0 Å². The zero-order valence-corrected chi connectivity index (χ0v) is 12.3. The van der Waals surface area contributed by atoms with Crippen molar-refractivity contribution in [2.24, 2.45) is 12.8 Å². The lowest BCUT2D eigenvalue weighted by atomic mass is 10.0. The Morgan fingerprint density at radius 3 is 2.32 bits per heavy atom. The lowest BCUT2D eigenvalue weighted by Gasteiger charge is -2.18. The SMILES string of the molecule is CC(N)c1cn(C)c2cc3c(cc12)CN(C(C)C)C3. The molecule has 0 saturated heterocycles. The molecule has 2 N–H and O–H groups in total. The van der Waals surface area contributed by atoms with E-state index in [1.54, 1.807) is 0 Å². The smallest absolute Gasteiger partial charge is 0.0484 e. The summed E-state index contributed by atoms with van der Waals surface area (Å²) < 4.78 is 2.20. The number of nitrogens with zero attached hydrogens (tertiary/aromatic N) is 2. The molecule has 2 heterocycles. The Kier molecular flexibility index (Phi) is 2.91. The molecule has 0 bridgehead atoms. The van der Waals surface area contributed by atoms with Gasteiger partial charge < -0.3 is 10.3 Å². The van der Waals surface area contributed by atoms with Crippen molar-refractivity contribution in [3.05, 3.63) is 35.0 Å². The minimum absolute atomic E-state index is 0.0874. The van der Waals surface area contributed by atoms with E-state index in [1.807, 2.05) is 0 Å². The Morgan fingerprint density at radius 1 is 1.11 bits per heavy atom. The van der Waals surface area contributed by atoms with Gasteiger partial charge in [0.05, 0.1) is 0 Å². The van der Waals surface area contributed by atoms with Gasteiger partial charge in [0, 0.05) is 49.3 Å². The maximum absolute atomic E-state index is 6.09. The molecule has 0 spiro atoms. The first-order chi connectivity index (χ1) is 8.97. The molecule has 2 aromatic rings. The van der Waals surface area contributed by atoms with E-state index in [4.69, 9.17) is 5.73 Å². The predicted molar refractivity (Wildman–Crippen MR) is 79.9 cm³/mol. The van der Waals surface area contributed by atoms with Gasteiger partial charge in [0.15, 0.2) is 0 Å². The van der Waals surface area contributed by atoms with Crippen molar-refractivity contribution in [2.45, 2.75) is 45.9 Å². The molecule has 0 radical (unpaired) electrons. The minimum atomic E-state index is 0.0874. The van der Waals surface area contributed by atoms with Gasteiger partial charge in [0.25, 0.3) is 0 Å². The third-order valence-corrected chi connectivity index (χ3v) is 4.31. The molecule has 3 rings (SSSR count). The third-order valence-electron chi connectivity index (χ3n) is 4.31. The van der Waals surface area contributed by atoms with E-state index in [0.29, 0.717) is 6.04 Å². The number of rotatable bonds is 2. The van der Waals surface area contributed by atoms with Crippen LogP contribution in [0.25, 0.3) is 10.9 Å². The number of hydrogen-bond acceptors (Lipinski definition) is 2. The second kappa shape index (κ2) is 4.36. The van der Waals surface area contributed by atoms with E-state index < -0.39 is 0 Å². The first-order valence-corrected chi connectivity index (χ1v) is 7.07. The van der Waals surface area contributed by atoms with Crippen LogP contribution in [0, 0.1) is 0 Å². The minimum Gasteiger partial charge on any atom is -0.350 e. The van der Waals surface area contributed by atoms with Crippen LogP contribution >= 0.6 is 0 Å². The fourth-order valence-electron chi connectivity index (χ4n) is 3.06. The van der Waals surface area contributed by atoms with Crippen molar-refractivity contribution in [2.75, 3.05) is 0 Å². The number of fused-ring (bicyclic) bond motifs is 2. The van der Waals surface area contributed by atoms with Gasteiger partial charge in [-0.2, -0.15) is 0 Å². The summed E-state index contributed by atoms with van der Waals surface area (Å²) in [4.78, 5) is 2.51. The van der Waals surface area contributed by atoms with Crippen LogP contribution in [-0.2, 0) is 20.1 Å². The highest BCUT2D eigenvalue weighted by atomic mass is 15.2. The molecular weight excluding hydrogens is 234 g/mol. The van der Waals surface area contributed by atoms with Crippen LogP contribution in [0.2, 0.25) is 0 Å². The van der Waals surface area contributed by atoms with Gasteiger partial charge in [0.1, 0.15) is 0 Å². The van der Waals surface area contributed by atoms with Crippen LogP contribution < -0.4 is 5.73 Å². The lowest BCUT2D eigenvalue weighted by Crippen LogP contribution is -2.24. The first-order valence-electron chi connectivity index (χ1n) is 7.07. The largest absolute Gasteiger partial charge is 0.350 e. The Morgan fingerprint density at radius 2 is 1.74 bits per heavy atom. The Hall–Kier alpha value is -1.32. The molecule has 1 aliphatic rings. The molecule has 1 aliphatic heterocycles. The monoisotopic (exact) mass is 257 g/mol. The van der Waals surface area contributed by atoms with E-state index in [1.165, 1.54) is 27.6 Å². The van der Waals surface area contributed by atoms with Gasteiger partial charge in [-0.15, -0.1) is 0 Å². The second-order valence-electron chi connectivity index (χ2n) is 6.12. The van der Waals surface area contributed by atoms with Crippen LogP contribution in [0.1, 0.15) is 43.5 Å². The summed E-state index contributed by atoms with van der Waals surface area (Å²) in [6.07, 6.45) is 2.17. The van der Waals surface area contributed by atoms with Crippen molar-refractivity contribution < 1.29 is 0 Å². The molecule has 19 heavy (non-hydrogen) atoms. The average Bonchev–Trinajstić information content (AvgIpc) is 2.88. The highest BCUT2D eigenvalue weighted by Gasteiger charge is 2.23. The van der Waals surface area contributed by atoms with Crippen LogP contribution in [0.3, 0.4) is 0 Å². The standard InChI is InChI=1S/C16H23N3/c1-10(2)19-7-12-5-14-15(11(3)17)9-18(4)16(14)6-13(12)8-19/h5-6,9-11H,7-8,17H2,1-4H3. The number of hydrogen-bond donors (Lipinski definition) is 1. The summed E-state index contributed by atoms with van der Waals surface area (Å²) in [5.74, 6) is 0. The van der Waals surface area contributed by atoms with E-state index >= 15 is 0 Å². The summed E-state index contributed by atoms with van der Waals surface area (Å²) in [7, 11) is 2.11. The van der Waals surface area contributed by atoms with E-state index in [2.05, 4.69) is 55.6 Å². The molecule has 0 aliphatic carbocycles. The third kappa shape index (κ3) is 1.97. The van der Waals surface area contributed by atoms with Crippen LogP contribution in [0.5, 0.6) is 0 Å². The lowest BCUT2D eigenvalue weighted by molar-refractivity contribution is 0.227. The summed E-state index contributed by atoms with van der Waals surface area (Å²) >= 11 is 0. The fraction of sp³-hybridized carbons (Fsp3) is 0.500. The summed E-state index contributed by atoms with van der Waals surface area (Å²) in [6, 6.07) is 5.39. The Labute approximate surface area is 115 Å². The molecule has 102 valence electrons. The molecule has 3 heteroatoms. The maximum Gasteiger partial charge on any atom is 0.0484 e. The van der Waals surface area contributed by atoms with Gasteiger partial charge in [-0.1, -0.05) is 0 Å². The van der Waals surface area contributed by atoms with E-state index in [9.17, 15) is 0 Å². The van der Waals surface area contributed by atoms with Crippen LogP contribution in [-0.4, -0.2) is 15.5 Å². The van der Waals surface area contributed by atoms with Gasteiger partial charge >= 0.3 is 0 Å². The number of aromatic nitrogens is 1. The molecule has 1 atom stereocenters. The topological polar surface area (TPSA) is 34.2 Å². The molecule has 0 saturated carbocycles. The van der Waals surface area contributed by atoms with Gasteiger partial charge in [-0.3, -0.25) is 4.90 Å². The summed E-state index contributed by atoms with van der Waals surface area (Å²) in [5.41, 5.74) is 11.6. The molecular formula is C16H23N3. The normalized spacial score (nSPS) is 17.4. The highest BCUT2D eigenvalue weighted by Crippen LogP contribution is 2.32. The number of benzene rings is 1. The zero-order valence-electron chi connectivity index (χ0n) is 12.3. The molecule has 0 fully saturated rings. The van der Waals surface area contributed by atoms with E-state index in [0.717, 1.165) is 13.1 Å². The highest BCUT2D eigenvalue weighted by molar-refractivity contribution is 5.86. The molecule has 1 unspecified atom stereocenters. The molecule has 1 aromatic heterocycles. The number of aryl methyl sites for hydroxylation is 1. The Balaban J connectivity index is 2.13. The quantitative estimate of drug-likeness (QED) is 0.897. The summed E-state index contributed by atoms with van der Waals surface area (Å²) in [5, 5.41) is 1.32. The van der Waals surface area contributed by atoms with Gasteiger partial charge in [0.2, 0.25) is 0 Å². The molecule has 1 aromatic carbocycles. The van der Waals surface area contributed by atoms with Crippen LogP contribution in [0.4, 0.5) is 0 Å². The molecule has 3 nitrogen and oxygen atoms in total.